The van der Waals surface area contributed by atoms with E-state index in [-0.39, 0.29) is 18.0 Å². The molecule has 0 aromatic heterocycles. The average molecular weight is 394 g/mol. The van der Waals surface area contributed by atoms with Crippen LogP contribution in [0.5, 0.6) is 0 Å². The summed E-state index contributed by atoms with van der Waals surface area (Å²) in [4.78, 5) is 26.5. The van der Waals surface area contributed by atoms with Crippen LogP contribution in [0.15, 0.2) is 16.8 Å². The second kappa shape index (κ2) is 11.9. The fraction of sp³-hybridized carbons (Fsp3) is 0.533. The number of nitrogens with one attached hydrogen (secondary N) is 1. The lowest BCUT2D eigenvalue weighted by Gasteiger charge is -2.23. The third-order valence-corrected chi connectivity index (χ3v) is 3.07. The first-order valence-corrected chi connectivity index (χ1v) is 7.41. The van der Waals surface area contributed by atoms with Crippen molar-refractivity contribution < 1.29 is 37.7 Å². The summed E-state index contributed by atoms with van der Waals surface area (Å²) in [6, 6.07) is 0. The average Bonchev–Trinajstić information content (AvgIpc) is 2.62. The summed E-state index contributed by atoms with van der Waals surface area (Å²) in [6.07, 6.45) is -5.75. The van der Waals surface area contributed by atoms with Crippen LogP contribution in [0, 0.1) is 11.8 Å². The molecule has 0 aromatic rings. The first kappa shape index (κ1) is 24.4. The molecule has 5 N–H and O–H groups in total. The highest BCUT2D eigenvalue weighted by molar-refractivity contribution is 6.01. The van der Waals surface area contributed by atoms with Crippen LogP contribution < -0.4 is 11.1 Å². The predicted octanol–water partition coefficient (Wildman–Crippen LogP) is -1.63. The van der Waals surface area contributed by atoms with Crippen molar-refractivity contribution in [1.29, 1.82) is 0 Å². The molecule has 0 radical (unpaired) electrons. The molecule has 9 nitrogen and oxygen atoms in total. The molecule has 152 valence electrons. The molecule has 0 aliphatic carbocycles. The molecule has 2 atom stereocenters. The number of methoxy groups -OCH3 is 1. The maximum atomic E-state index is 12.1. The summed E-state index contributed by atoms with van der Waals surface area (Å²) < 4.78 is 41.1. The van der Waals surface area contributed by atoms with Crippen molar-refractivity contribution in [2.45, 2.75) is 18.4 Å². The predicted molar refractivity (Wildman–Crippen MR) is 89.1 cm³/mol. The van der Waals surface area contributed by atoms with E-state index in [1.807, 2.05) is 0 Å². The summed E-state index contributed by atoms with van der Waals surface area (Å²) >= 11 is 0. The number of amidine groups is 1. The zero-order valence-corrected chi connectivity index (χ0v) is 14.7. The van der Waals surface area contributed by atoms with Crippen LogP contribution in [0.3, 0.4) is 0 Å². The number of ether oxygens (including phenoxy) is 1. The maximum absolute atomic E-state index is 12.1. The maximum Gasteiger partial charge on any atom is 0.471 e. The number of carbonyl (C=O) groups excluding carboxylic acids is 2. The van der Waals surface area contributed by atoms with Crippen LogP contribution in [-0.2, 0) is 14.3 Å². The van der Waals surface area contributed by atoms with Gasteiger partial charge in [0.15, 0.2) is 0 Å². The van der Waals surface area contributed by atoms with Gasteiger partial charge < -0.3 is 30.9 Å². The number of hydrogen-bond acceptors (Lipinski definition) is 6. The Kier molecular flexibility index (Phi) is 10.7. The molecule has 0 aliphatic rings. The van der Waals surface area contributed by atoms with E-state index in [1.54, 1.807) is 5.32 Å². The van der Waals surface area contributed by atoms with Crippen molar-refractivity contribution in [2.24, 2.45) is 10.7 Å². The van der Waals surface area contributed by atoms with Crippen LogP contribution in [-0.4, -0.2) is 85.5 Å². The van der Waals surface area contributed by atoms with E-state index >= 15 is 0 Å². The first-order valence-electron chi connectivity index (χ1n) is 7.41. The van der Waals surface area contributed by atoms with Gasteiger partial charge in [-0.15, -0.1) is 0 Å². The SMILES string of the molecule is CN=C(N)/C(C#CCNC(=O)C(F)(F)F)=C\N(C=O)CC(O)C(CO)OC. The van der Waals surface area contributed by atoms with Crippen molar-refractivity contribution in [3.05, 3.63) is 11.8 Å². The van der Waals surface area contributed by atoms with Gasteiger partial charge in [-0.3, -0.25) is 14.6 Å². The molecule has 0 fully saturated rings. The Labute approximate surface area is 153 Å². The fourth-order valence-corrected chi connectivity index (χ4v) is 1.63. The Bertz CT molecular complexity index is 621. The molecule has 0 bridgehead atoms. The molecular weight excluding hydrogens is 373 g/mol. The zero-order valence-electron chi connectivity index (χ0n) is 14.7. The monoisotopic (exact) mass is 394 g/mol. The number of aliphatic hydroxyl groups excluding tert-OH is 2. The van der Waals surface area contributed by atoms with E-state index in [9.17, 15) is 27.9 Å². The van der Waals surface area contributed by atoms with Gasteiger partial charge in [-0.25, -0.2) is 0 Å². The molecule has 12 heteroatoms. The lowest BCUT2D eigenvalue weighted by atomic mass is 10.2. The summed E-state index contributed by atoms with van der Waals surface area (Å²) in [5, 5.41) is 20.5. The van der Waals surface area contributed by atoms with E-state index < -0.39 is 37.4 Å². The summed E-state index contributed by atoms with van der Waals surface area (Å²) in [5.74, 6) is 2.36. The molecule has 0 saturated carbocycles. The molecule has 27 heavy (non-hydrogen) atoms. The van der Waals surface area contributed by atoms with Crippen LogP contribution in [0.2, 0.25) is 0 Å². The molecule has 0 aromatic carbocycles. The number of carbonyl (C=O) groups is 2. The molecule has 0 rings (SSSR count). The van der Waals surface area contributed by atoms with E-state index in [1.165, 1.54) is 14.2 Å². The highest BCUT2D eigenvalue weighted by atomic mass is 19.4. The number of hydrogen-bond donors (Lipinski definition) is 4. The minimum Gasteiger partial charge on any atom is -0.394 e. The Morgan fingerprint density at radius 1 is 1.48 bits per heavy atom. The fourth-order valence-electron chi connectivity index (χ4n) is 1.63. The van der Waals surface area contributed by atoms with Gasteiger partial charge in [-0.1, -0.05) is 11.8 Å². The smallest absolute Gasteiger partial charge is 0.394 e. The summed E-state index contributed by atoms with van der Waals surface area (Å²) in [6.45, 7) is -1.39. The Morgan fingerprint density at radius 3 is 2.56 bits per heavy atom. The van der Waals surface area contributed by atoms with Crippen LogP contribution in [0.4, 0.5) is 13.2 Å². The van der Waals surface area contributed by atoms with Gasteiger partial charge in [0.1, 0.15) is 18.0 Å². The van der Waals surface area contributed by atoms with E-state index in [0.29, 0.717) is 6.41 Å². The molecule has 0 spiro atoms. The highest BCUT2D eigenvalue weighted by Crippen LogP contribution is 2.13. The van der Waals surface area contributed by atoms with E-state index in [2.05, 4.69) is 16.8 Å². The van der Waals surface area contributed by atoms with Gasteiger partial charge >= 0.3 is 12.1 Å². The third-order valence-electron chi connectivity index (χ3n) is 3.07. The number of alkyl halides is 3. The minimum absolute atomic E-state index is 0.0315. The normalized spacial score (nSPS) is 14.6. The molecule has 2 amide bonds. The summed E-state index contributed by atoms with van der Waals surface area (Å²) in [7, 11) is 2.59. The van der Waals surface area contributed by atoms with Crippen molar-refractivity contribution >= 4 is 18.2 Å². The van der Waals surface area contributed by atoms with Gasteiger partial charge in [-0.2, -0.15) is 13.2 Å². The van der Waals surface area contributed by atoms with Gasteiger partial charge in [0.05, 0.1) is 25.3 Å². The van der Waals surface area contributed by atoms with E-state index in [4.69, 9.17) is 15.6 Å². The van der Waals surface area contributed by atoms with Gasteiger partial charge in [0.25, 0.3) is 0 Å². The number of nitrogens with two attached hydrogens (primary N) is 1. The third kappa shape index (κ3) is 9.04. The Hall–Kier alpha value is -2.62. The number of aliphatic hydroxyl groups is 2. The van der Waals surface area contributed by atoms with Gasteiger partial charge in [0, 0.05) is 20.4 Å². The molecular formula is C15H21F3N4O5. The van der Waals surface area contributed by atoms with Crippen molar-refractivity contribution in [3.63, 3.8) is 0 Å². The quantitative estimate of drug-likeness (QED) is 0.160. The lowest BCUT2D eigenvalue weighted by Crippen LogP contribution is -2.40. The lowest BCUT2D eigenvalue weighted by molar-refractivity contribution is -0.173. The Morgan fingerprint density at radius 2 is 2.11 bits per heavy atom. The number of nitrogens with zero attached hydrogens (tertiary/aromatic N) is 2. The highest BCUT2D eigenvalue weighted by Gasteiger charge is 2.38. The summed E-state index contributed by atoms with van der Waals surface area (Å²) in [5.41, 5.74) is 5.59. The molecule has 0 aliphatic heterocycles. The number of aliphatic imine (C=N–C) groups is 1. The van der Waals surface area contributed by atoms with Gasteiger partial charge in [-0.05, 0) is 0 Å². The molecule has 2 unspecified atom stereocenters. The van der Waals surface area contributed by atoms with Crippen LogP contribution in [0.25, 0.3) is 0 Å². The Balaban J connectivity index is 5.25. The zero-order chi connectivity index (χ0) is 21.0. The van der Waals surface area contributed by atoms with E-state index in [0.717, 1.165) is 11.1 Å². The van der Waals surface area contributed by atoms with Crippen molar-refractivity contribution in [2.75, 3.05) is 33.9 Å². The largest absolute Gasteiger partial charge is 0.471 e. The topological polar surface area (TPSA) is 137 Å². The van der Waals surface area contributed by atoms with Crippen molar-refractivity contribution in [1.82, 2.24) is 10.2 Å². The first-order chi connectivity index (χ1) is 12.6. The number of amides is 2. The van der Waals surface area contributed by atoms with Crippen molar-refractivity contribution in [3.8, 4) is 11.8 Å². The second-order valence-electron chi connectivity index (χ2n) is 4.96. The number of halogens is 3. The van der Waals surface area contributed by atoms with Crippen LogP contribution in [0.1, 0.15) is 0 Å². The number of rotatable bonds is 9. The molecule has 0 saturated heterocycles. The van der Waals surface area contributed by atoms with Gasteiger partial charge in [0.2, 0.25) is 6.41 Å². The molecule has 0 heterocycles. The minimum atomic E-state index is -5.03. The second-order valence-corrected chi connectivity index (χ2v) is 4.96. The standard InChI is InChI=1S/C15H21F3N4O5/c1-20-13(19)10(4-3-5-21-14(26)15(16,17)18)6-22(9-24)7-11(25)12(8-23)27-2/h6,9,11-12,23,25H,5,7-8H2,1-2H3,(H2,19,20)(H,21,26)/b10-6-. The van der Waals surface area contributed by atoms with Crippen LogP contribution >= 0.6 is 0 Å².